The number of ether oxygens (including phenoxy) is 1. The molecule has 2 N–H and O–H groups in total. The summed E-state index contributed by atoms with van der Waals surface area (Å²) in [4.78, 5) is 33.7. The molecule has 2 aliphatic heterocycles. The normalized spacial score (nSPS) is 15.8. The molecule has 0 spiro atoms. The average Bonchev–Trinajstić information content (AvgIpc) is 3.34. The van der Waals surface area contributed by atoms with Crippen LogP contribution < -0.4 is 25.2 Å². The van der Waals surface area contributed by atoms with Crippen LogP contribution in [0.3, 0.4) is 0 Å². The number of rotatable bonds is 5. The Morgan fingerprint density at radius 2 is 2.09 bits per heavy atom. The molecular weight excluding hydrogens is 422 g/mol. The number of benzene rings is 1. The van der Waals surface area contributed by atoms with Gasteiger partial charge in [0.2, 0.25) is 5.88 Å². The standard InChI is InChI=1S/C24H25N5O4/c1-32-17-4-3-16-15-29(24(31)18(16)13-17)22-6-5-21(33-22)23(30)27-19-14-26-9-7-20(19)28-11-2-8-25-10-12-28/h3-7,9,13-14,25H,2,8,10-12,15H2,1H3,(H,27,30). The van der Waals surface area contributed by atoms with E-state index in [2.05, 4.69) is 20.5 Å². The summed E-state index contributed by atoms with van der Waals surface area (Å²) in [5.41, 5.74) is 3.01. The molecule has 0 atom stereocenters. The van der Waals surface area contributed by atoms with Crippen molar-refractivity contribution in [1.29, 1.82) is 0 Å². The minimum atomic E-state index is -0.394. The number of furan rings is 1. The molecule has 0 saturated carbocycles. The fraction of sp³-hybridized carbons (Fsp3) is 0.292. The van der Waals surface area contributed by atoms with Crippen LogP contribution in [0.5, 0.6) is 5.75 Å². The van der Waals surface area contributed by atoms with Crippen LogP contribution in [0.25, 0.3) is 0 Å². The largest absolute Gasteiger partial charge is 0.497 e. The van der Waals surface area contributed by atoms with Crippen LogP contribution in [-0.2, 0) is 6.54 Å². The number of hydrogen-bond acceptors (Lipinski definition) is 7. The van der Waals surface area contributed by atoms with Crippen LogP contribution in [-0.4, -0.2) is 50.1 Å². The van der Waals surface area contributed by atoms with Crippen molar-refractivity contribution in [3.8, 4) is 5.75 Å². The van der Waals surface area contributed by atoms with Gasteiger partial charge in [-0.25, -0.2) is 0 Å². The molecule has 2 amide bonds. The molecule has 3 aromatic rings. The maximum Gasteiger partial charge on any atom is 0.291 e. The lowest BCUT2D eigenvalue weighted by atomic mass is 10.1. The molecular formula is C24H25N5O4. The van der Waals surface area contributed by atoms with E-state index in [0.717, 1.165) is 43.9 Å². The van der Waals surface area contributed by atoms with E-state index < -0.39 is 5.91 Å². The zero-order valence-electron chi connectivity index (χ0n) is 18.3. The number of methoxy groups -OCH3 is 1. The summed E-state index contributed by atoms with van der Waals surface area (Å²) in [6.45, 7) is 3.98. The fourth-order valence-electron chi connectivity index (χ4n) is 4.21. The molecule has 1 aromatic carbocycles. The Labute approximate surface area is 191 Å². The lowest BCUT2D eigenvalue weighted by molar-refractivity contribution is 0.0975. The van der Waals surface area contributed by atoms with Gasteiger partial charge in [-0.1, -0.05) is 6.07 Å². The number of anilines is 3. The van der Waals surface area contributed by atoms with Gasteiger partial charge in [-0.05, 0) is 42.8 Å². The van der Waals surface area contributed by atoms with E-state index >= 15 is 0 Å². The lowest BCUT2D eigenvalue weighted by Gasteiger charge is -2.24. The summed E-state index contributed by atoms with van der Waals surface area (Å²) in [5.74, 6) is 0.490. The predicted octanol–water partition coefficient (Wildman–Crippen LogP) is 2.90. The molecule has 33 heavy (non-hydrogen) atoms. The maximum absolute atomic E-state index is 12.9. The second-order valence-corrected chi connectivity index (χ2v) is 7.99. The minimum Gasteiger partial charge on any atom is -0.497 e. The van der Waals surface area contributed by atoms with E-state index in [4.69, 9.17) is 9.15 Å². The van der Waals surface area contributed by atoms with Crippen LogP contribution in [0.4, 0.5) is 17.3 Å². The molecule has 2 aliphatic rings. The number of nitrogens with one attached hydrogen (secondary N) is 2. The maximum atomic E-state index is 12.9. The first-order chi connectivity index (χ1) is 16.1. The highest BCUT2D eigenvalue weighted by Crippen LogP contribution is 2.32. The van der Waals surface area contributed by atoms with Gasteiger partial charge in [0, 0.05) is 37.5 Å². The molecule has 1 saturated heterocycles. The highest BCUT2D eigenvalue weighted by molar-refractivity contribution is 6.10. The Balaban J connectivity index is 1.32. The molecule has 0 radical (unpaired) electrons. The fourth-order valence-corrected chi connectivity index (χ4v) is 4.21. The van der Waals surface area contributed by atoms with Crippen molar-refractivity contribution < 1.29 is 18.7 Å². The Kier molecular flexibility index (Phi) is 5.70. The number of aromatic nitrogens is 1. The van der Waals surface area contributed by atoms with Crippen LogP contribution in [0.1, 0.15) is 32.9 Å². The topological polar surface area (TPSA) is 99.9 Å². The molecule has 5 rings (SSSR count). The van der Waals surface area contributed by atoms with Gasteiger partial charge in [0.1, 0.15) is 5.75 Å². The van der Waals surface area contributed by atoms with Crippen LogP contribution in [0.15, 0.2) is 53.2 Å². The molecule has 2 aromatic heterocycles. The van der Waals surface area contributed by atoms with Crippen molar-refractivity contribution in [2.75, 3.05) is 48.4 Å². The molecule has 9 heteroatoms. The zero-order chi connectivity index (χ0) is 22.8. The average molecular weight is 447 g/mol. The van der Waals surface area contributed by atoms with Crippen LogP contribution >= 0.6 is 0 Å². The smallest absolute Gasteiger partial charge is 0.291 e. The third kappa shape index (κ3) is 4.14. The molecule has 9 nitrogen and oxygen atoms in total. The minimum absolute atomic E-state index is 0.124. The Bertz CT molecular complexity index is 1180. The van der Waals surface area contributed by atoms with Crippen LogP contribution in [0, 0.1) is 0 Å². The summed E-state index contributed by atoms with van der Waals surface area (Å²) in [7, 11) is 1.56. The van der Waals surface area contributed by atoms with E-state index in [1.54, 1.807) is 37.7 Å². The third-order valence-electron chi connectivity index (χ3n) is 5.93. The molecule has 0 unspecified atom stereocenters. The van der Waals surface area contributed by atoms with Gasteiger partial charge >= 0.3 is 0 Å². The van der Waals surface area contributed by atoms with Crippen molar-refractivity contribution in [3.63, 3.8) is 0 Å². The summed E-state index contributed by atoms with van der Waals surface area (Å²) in [5, 5.41) is 6.29. The highest BCUT2D eigenvalue weighted by Gasteiger charge is 2.31. The molecule has 0 bridgehead atoms. The third-order valence-corrected chi connectivity index (χ3v) is 5.93. The van der Waals surface area contributed by atoms with Crippen molar-refractivity contribution in [1.82, 2.24) is 10.3 Å². The second kappa shape index (κ2) is 8.95. The van der Waals surface area contributed by atoms with Crippen molar-refractivity contribution in [2.24, 2.45) is 0 Å². The Morgan fingerprint density at radius 3 is 2.97 bits per heavy atom. The summed E-state index contributed by atoms with van der Waals surface area (Å²) < 4.78 is 11.0. The van der Waals surface area contributed by atoms with E-state index in [1.165, 1.54) is 4.90 Å². The number of hydrogen-bond donors (Lipinski definition) is 2. The van der Waals surface area contributed by atoms with Gasteiger partial charge in [0.15, 0.2) is 5.76 Å². The van der Waals surface area contributed by atoms with E-state index in [-0.39, 0.29) is 11.7 Å². The quantitative estimate of drug-likeness (QED) is 0.620. The van der Waals surface area contributed by atoms with Crippen molar-refractivity contribution in [2.45, 2.75) is 13.0 Å². The first-order valence-electron chi connectivity index (χ1n) is 10.9. The number of amides is 2. The highest BCUT2D eigenvalue weighted by atomic mass is 16.5. The van der Waals surface area contributed by atoms with Gasteiger partial charge in [-0.2, -0.15) is 0 Å². The number of carbonyl (C=O) groups excluding carboxylic acids is 2. The van der Waals surface area contributed by atoms with E-state index in [1.807, 2.05) is 18.2 Å². The molecule has 4 heterocycles. The number of nitrogens with zero attached hydrogens (tertiary/aromatic N) is 3. The van der Waals surface area contributed by atoms with E-state index in [9.17, 15) is 9.59 Å². The van der Waals surface area contributed by atoms with Crippen LogP contribution in [0.2, 0.25) is 0 Å². The predicted molar refractivity (Wildman–Crippen MR) is 124 cm³/mol. The second-order valence-electron chi connectivity index (χ2n) is 7.99. The Hall–Kier alpha value is -3.85. The number of pyridine rings is 1. The molecule has 0 aliphatic carbocycles. The summed E-state index contributed by atoms with van der Waals surface area (Å²) >= 11 is 0. The molecule has 1 fully saturated rings. The van der Waals surface area contributed by atoms with Gasteiger partial charge < -0.3 is 24.7 Å². The SMILES string of the molecule is COc1ccc2c(c1)C(=O)N(c1ccc(C(=O)Nc3cnccc3N3CCCNCC3)o1)C2. The van der Waals surface area contributed by atoms with Gasteiger partial charge in [0.05, 0.1) is 31.2 Å². The lowest BCUT2D eigenvalue weighted by Crippen LogP contribution is -2.29. The Morgan fingerprint density at radius 1 is 1.18 bits per heavy atom. The first kappa shape index (κ1) is 21.0. The number of fused-ring (bicyclic) bond motifs is 1. The summed E-state index contributed by atoms with van der Waals surface area (Å²) in [6, 6.07) is 10.5. The zero-order valence-corrected chi connectivity index (χ0v) is 18.3. The first-order valence-corrected chi connectivity index (χ1v) is 10.9. The number of carbonyl (C=O) groups is 2. The van der Waals surface area contributed by atoms with Gasteiger partial charge in [0.25, 0.3) is 11.8 Å². The van der Waals surface area contributed by atoms with Gasteiger partial charge in [-0.15, -0.1) is 0 Å². The monoisotopic (exact) mass is 447 g/mol. The molecule has 170 valence electrons. The van der Waals surface area contributed by atoms with Crippen molar-refractivity contribution in [3.05, 3.63) is 65.7 Å². The van der Waals surface area contributed by atoms with Crippen molar-refractivity contribution >= 4 is 29.1 Å². The van der Waals surface area contributed by atoms with Gasteiger partial charge in [-0.3, -0.25) is 19.5 Å². The van der Waals surface area contributed by atoms with E-state index in [0.29, 0.717) is 29.4 Å². The summed E-state index contributed by atoms with van der Waals surface area (Å²) in [6.07, 6.45) is 4.39.